The third-order valence-electron chi connectivity index (χ3n) is 3.63. The maximum Gasteiger partial charge on any atom is 0.242 e. The summed E-state index contributed by atoms with van der Waals surface area (Å²) in [5.74, 6) is -0.00995. The van der Waals surface area contributed by atoms with Gasteiger partial charge in [-0.1, -0.05) is 12.8 Å². The van der Waals surface area contributed by atoms with Gasteiger partial charge in [0.15, 0.2) is 0 Å². The van der Waals surface area contributed by atoms with Crippen molar-refractivity contribution in [3.63, 3.8) is 0 Å². The van der Waals surface area contributed by atoms with E-state index >= 15 is 0 Å². The number of carbonyl (C=O) groups is 1. The van der Waals surface area contributed by atoms with Gasteiger partial charge in [0.25, 0.3) is 0 Å². The van der Waals surface area contributed by atoms with Gasteiger partial charge in [0.2, 0.25) is 5.91 Å². The maximum absolute atomic E-state index is 13.1. The Bertz CT molecular complexity index is 473. The fourth-order valence-corrected chi connectivity index (χ4v) is 2.48. The Balaban J connectivity index is 1.96. The largest absolute Gasteiger partial charge is 0.494 e. The quantitative estimate of drug-likeness (QED) is 0.872. The molecule has 4 nitrogen and oxygen atoms in total. The van der Waals surface area contributed by atoms with Crippen molar-refractivity contribution in [1.29, 1.82) is 0 Å². The Morgan fingerprint density at radius 1 is 1.40 bits per heavy atom. The van der Waals surface area contributed by atoms with Gasteiger partial charge in [-0.25, -0.2) is 4.39 Å². The van der Waals surface area contributed by atoms with Crippen LogP contribution in [0, 0.1) is 5.82 Å². The Kier molecular flexibility index (Phi) is 4.82. The van der Waals surface area contributed by atoms with Crippen molar-refractivity contribution in [3.8, 4) is 5.75 Å². The summed E-state index contributed by atoms with van der Waals surface area (Å²) >= 11 is 0. The molecule has 1 atom stereocenters. The van der Waals surface area contributed by atoms with Crippen LogP contribution in [-0.4, -0.2) is 25.1 Å². The van der Waals surface area contributed by atoms with Gasteiger partial charge in [-0.3, -0.25) is 4.79 Å². The van der Waals surface area contributed by atoms with Gasteiger partial charge in [0.05, 0.1) is 12.8 Å². The van der Waals surface area contributed by atoms with Crippen LogP contribution in [0.2, 0.25) is 0 Å². The fourth-order valence-electron chi connectivity index (χ4n) is 2.48. The van der Waals surface area contributed by atoms with Gasteiger partial charge < -0.3 is 15.4 Å². The van der Waals surface area contributed by atoms with E-state index in [0.29, 0.717) is 17.5 Å². The highest BCUT2D eigenvalue weighted by atomic mass is 19.1. The van der Waals surface area contributed by atoms with Crippen molar-refractivity contribution < 1.29 is 13.9 Å². The van der Waals surface area contributed by atoms with E-state index in [1.807, 2.05) is 0 Å². The fraction of sp³-hybridized carbons (Fsp3) is 0.533. The van der Waals surface area contributed by atoms with E-state index in [4.69, 9.17) is 4.74 Å². The van der Waals surface area contributed by atoms with E-state index in [2.05, 4.69) is 10.6 Å². The lowest BCUT2D eigenvalue weighted by molar-refractivity contribution is -0.122. The molecule has 1 aliphatic carbocycles. The molecule has 0 spiro atoms. The highest BCUT2D eigenvalue weighted by molar-refractivity contribution is 5.85. The molecular formula is C15H21FN2O2. The lowest BCUT2D eigenvalue weighted by Gasteiger charge is -2.19. The van der Waals surface area contributed by atoms with Crippen LogP contribution in [0.1, 0.15) is 32.6 Å². The molecule has 1 aromatic rings. The Morgan fingerprint density at radius 2 is 2.10 bits per heavy atom. The average Bonchev–Trinajstić information content (AvgIpc) is 2.93. The molecule has 0 aliphatic heterocycles. The molecule has 20 heavy (non-hydrogen) atoms. The summed E-state index contributed by atoms with van der Waals surface area (Å²) in [5, 5.41) is 6.09. The van der Waals surface area contributed by atoms with E-state index in [0.717, 1.165) is 12.8 Å². The number of rotatable bonds is 5. The number of hydrogen-bond donors (Lipinski definition) is 2. The molecule has 1 amide bonds. The molecule has 2 N–H and O–H groups in total. The number of nitrogens with one attached hydrogen (secondary N) is 2. The van der Waals surface area contributed by atoms with Gasteiger partial charge in [0, 0.05) is 12.1 Å². The minimum absolute atomic E-state index is 0.0386. The zero-order valence-corrected chi connectivity index (χ0v) is 11.9. The van der Waals surface area contributed by atoms with Gasteiger partial charge in [-0.2, -0.15) is 0 Å². The van der Waals surface area contributed by atoms with Crippen LogP contribution in [0.15, 0.2) is 18.2 Å². The molecule has 0 radical (unpaired) electrons. The maximum atomic E-state index is 13.1. The molecule has 1 aromatic carbocycles. The molecule has 0 saturated heterocycles. The first-order chi connectivity index (χ1) is 9.60. The van der Waals surface area contributed by atoms with Gasteiger partial charge in [-0.15, -0.1) is 0 Å². The smallest absolute Gasteiger partial charge is 0.242 e. The zero-order valence-electron chi connectivity index (χ0n) is 11.9. The monoisotopic (exact) mass is 280 g/mol. The first kappa shape index (κ1) is 14.6. The molecule has 0 heterocycles. The molecule has 0 bridgehead atoms. The van der Waals surface area contributed by atoms with Crippen LogP contribution in [-0.2, 0) is 4.79 Å². The van der Waals surface area contributed by atoms with Crippen LogP contribution in [0.25, 0.3) is 0 Å². The number of amides is 1. The van der Waals surface area contributed by atoms with Gasteiger partial charge in [0.1, 0.15) is 17.6 Å². The minimum atomic E-state index is -0.394. The standard InChI is InChI=1S/C15H21FN2O2/c1-10(15(19)18-12-5-3-4-6-12)17-13-8-7-11(16)9-14(13)20-2/h7-10,12,17H,3-6H2,1-2H3,(H,18,19). The predicted molar refractivity (Wildman–Crippen MR) is 76.4 cm³/mol. The predicted octanol–water partition coefficient (Wildman–Crippen LogP) is 2.69. The summed E-state index contributed by atoms with van der Waals surface area (Å²) < 4.78 is 18.2. The van der Waals surface area contributed by atoms with Crippen molar-refractivity contribution in [2.75, 3.05) is 12.4 Å². The summed E-state index contributed by atoms with van der Waals surface area (Å²) in [6.07, 6.45) is 4.47. The second-order valence-electron chi connectivity index (χ2n) is 5.20. The molecule has 1 fully saturated rings. The van der Waals surface area contributed by atoms with Crippen molar-refractivity contribution in [3.05, 3.63) is 24.0 Å². The van der Waals surface area contributed by atoms with Gasteiger partial charge in [-0.05, 0) is 31.9 Å². The Hall–Kier alpha value is -1.78. The second kappa shape index (κ2) is 6.59. The van der Waals surface area contributed by atoms with Crippen LogP contribution in [0.4, 0.5) is 10.1 Å². The molecule has 1 unspecified atom stereocenters. The summed E-state index contributed by atoms with van der Waals surface area (Å²) in [6.45, 7) is 1.78. The Labute approximate surface area is 118 Å². The van der Waals surface area contributed by atoms with Crippen LogP contribution in [0.5, 0.6) is 5.75 Å². The lowest BCUT2D eigenvalue weighted by Crippen LogP contribution is -2.42. The third-order valence-corrected chi connectivity index (χ3v) is 3.63. The number of anilines is 1. The highest BCUT2D eigenvalue weighted by Gasteiger charge is 2.21. The molecule has 1 aliphatic rings. The van der Waals surface area contributed by atoms with E-state index in [1.165, 1.54) is 32.1 Å². The molecule has 2 rings (SSSR count). The summed E-state index contributed by atoms with van der Waals surface area (Å²) in [5.41, 5.74) is 0.614. The van der Waals surface area contributed by atoms with Crippen LogP contribution >= 0.6 is 0 Å². The number of ether oxygens (including phenoxy) is 1. The van der Waals surface area contributed by atoms with Gasteiger partial charge >= 0.3 is 0 Å². The van der Waals surface area contributed by atoms with Crippen molar-refractivity contribution in [2.24, 2.45) is 0 Å². The summed E-state index contributed by atoms with van der Waals surface area (Å²) in [7, 11) is 1.48. The van der Waals surface area contributed by atoms with Crippen molar-refractivity contribution in [2.45, 2.75) is 44.7 Å². The number of halogens is 1. The van der Waals surface area contributed by atoms with E-state index < -0.39 is 6.04 Å². The highest BCUT2D eigenvalue weighted by Crippen LogP contribution is 2.25. The van der Waals surface area contributed by atoms with E-state index in [1.54, 1.807) is 13.0 Å². The summed E-state index contributed by atoms with van der Waals surface area (Å²) in [4.78, 5) is 12.1. The van der Waals surface area contributed by atoms with Crippen LogP contribution < -0.4 is 15.4 Å². The average molecular weight is 280 g/mol. The lowest BCUT2D eigenvalue weighted by atomic mass is 10.2. The van der Waals surface area contributed by atoms with E-state index in [9.17, 15) is 9.18 Å². The summed E-state index contributed by atoms with van der Waals surface area (Å²) in [6, 6.07) is 4.11. The zero-order chi connectivity index (χ0) is 14.5. The van der Waals surface area contributed by atoms with Crippen LogP contribution in [0.3, 0.4) is 0 Å². The Morgan fingerprint density at radius 3 is 2.75 bits per heavy atom. The normalized spacial score (nSPS) is 16.8. The minimum Gasteiger partial charge on any atom is -0.494 e. The number of benzene rings is 1. The topological polar surface area (TPSA) is 50.4 Å². The molecule has 0 aromatic heterocycles. The molecular weight excluding hydrogens is 259 g/mol. The van der Waals surface area contributed by atoms with Crippen molar-refractivity contribution in [1.82, 2.24) is 5.32 Å². The first-order valence-electron chi connectivity index (χ1n) is 7.00. The molecule has 110 valence electrons. The number of methoxy groups -OCH3 is 1. The van der Waals surface area contributed by atoms with E-state index in [-0.39, 0.29) is 11.7 Å². The number of hydrogen-bond acceptors (Lipinski definition) is 3. The molecule has 5 heteroatoms. The SMILES string of the molecule is COc1cc(F)ccc1NC(C)C(=O)NC1CCCC1. The van der Waals surface area contributed by atoms with Crippen molar-refractivity contribution >= 4 is 11.6 Å². The molecule has 1 saturated carbocycles. The second-order valence-corrected chi connectivity index (χ2v) is 5.20. The number of carbonyl (C=O) groups excluding carboxylic acids is 1. The first-order valence-corrected chi connectivity index (χ1v) is 7.00. The third kappa shape index (κ3) is 3.62.